The van der Waals surface area contributed by atoms with Crippen molar-refractivity contribution < 1.29 is 58.6 Å². The van der Waals surface area contributed by atoms with Gasteiger partial charge in [-0.1, -0.05) is 6.92 Å². The van der Waals surface area contributed by atoms with Crippen LogP contribution in [0, 0.1) is 0 Å². The molecular formula is C26H25F9N2O4. The van der Waals surface area contributed by atoms with Gasteiger partial charge >= 0.3 is 30.7 Å². The molecule has 0 radical (unpaired) electrons. The molecule has 2 aromatic carbocycles. The second kappa shape index (κ2) is 11.7. The largest absolute Gasteiger partial charge is 0.453 e. The van der Waals surface area contributed by atoms with Crippen LogP contribution < -0.4 is 4.90 Å². The average Bonchev–Trinajstić information content (AvgIpc) is 2.88. The molecule has 1 aliphatic rings. The van der Waals surface area contributed by atoms with Crippen LogP contribution in [0.4, 0.5) is 54.8 Å². The lowest BCUT2D eigenvalue weighted by atomic mass is 9.87. The minimum atomic E-state index is -5.17. The zero-order chi connectivity index (χ0) is 30.9. The Labute approximate surface area is 228 Å². The minimum absolute atomic E-state index is 0.0590. The van der Waals surface area contributed by atoms with Gasteiger partial charge in [0.15, 0.2) is 0 Å². The Morgan fingerprint density at radius 1 is 0.878 bits per heavy atom. The highest BCUT2D eigenvalue weighted by Gasteiger charge is 2.43. The van der Waals surface area contributed by atoms with E-state index in [9.17, 15) is 49.1 Å². The number of methoxy groups -OCH3 is 1. The normalized spacial score (nSPS) is 17.6. The Bertz CT molecular complexity index is 1240. The molecule has 0 bridgehead atoms. The molecule has 1 aliphatic heterocycles. The Balaban J connectivity index is 2.23. The Morgan fingerprint density at radius 2 is 1.44 bits per heavy atom. The van der Waals surface area contributed by atoms with Crippen molar-refractivity contribution in [2.45, 2.75) is 63.8 Å². The van der Waals surface area contributed by atoms with Crippen molar-refractivity contribution in [3.05, 3.63) is 64.2 Å². The first-order valence-electron chi connectivity index (χ1n) is 12.2. The number of carbonyl (C=O) groups excluding carboxylic acids is 2. The van der Waals surface area contributed by atoms with E-state index in [1.807, 2.05) is 0 Å². The van der Waals surface area contributed by atoms with Gasteiger partial charge in [-0.25, -0.2) is 9.59 Å². The number of ether oxygens (including phenoxy) is 2. The number of benzene rings is 2. The number of hydrogen-bond donors (Lipinski definition) is 0. The summed E-state index contributed by atoms with van der Waals surface area (Å²) >= 11 is 0. The van der Waals surface area contributed by atoms with Crippen LogP contribution in [0.3, 0.4) is 0 Å². The SMILES string of the molecule is CCOC(=O)N1c2ccc(C(F)(F)F)cc2[C@@H](N(Cc2cc(C(F)(F)F)cc(C(F)(F)F)c2)C(=O)OC)C[C@H]1CC. The van der Waals surface area contributed by atoms with Crippen LogP contribution in [0.25, 0.3) is 0 Å². The van der Waals surface area contributed by atoms with E-state index >= 15 is 0 Å². The summed E-state index contributed by atoms with van der Waals surface area (Å²) in [5.74, 6) is 0. The quantitative estimate of drug-likeness (QED) is 0.325. The molecule has 6 nitrogen and oxygen atoms in total. The van der Waals surface area contributed by atoms with Crippen LogP contribution in [-0.4, -0.2) is 36.8 Å². The molecule has 0 saturated heterocycles. The summed E-state index contributed by atoms with van der Waals surface area (Å²) in [5.41, 5.74) is -5.28. The Kier molecular flexibility index (Phi) is 9.08. The van der Waals surface area contributed by atoms with E-state index in [1.165, 1.54) is 6.92 Å². The molecule has 226 valence electrons. The monoisotopic (exact) mass is 600 g/mol. The number of halogens is 9. The van der Waals surface area contributed by atoms with Gasteiger partial charge in [0.05, 0.1) is 42.1 Å². The molecule has 0 aromatic heterocycles. The summed E-state index contributed by atoms with van der Waals surface area (Å²) in [6, 6.07) is 1.06. The van der Waals surface area contributed by atoms with Gasteiger partial charge in [0.25, 0.3) is 0 Å². The number of hydrogen-bond acceptors (Lipinski definition) is 4. The van der Waals surface area contributed by atoms with Gasteiger partial charge in [-0.05, 0) is 67.3 Å². The summed E-state index contributed by atoms with van der Waals surface area (Å²) in [5, 5.41) is 0. The number of carbonyl (C=O) groups is 2. The molecule has 41 heavy (non-hydrogen) atoms. The molecule has 1 heterocycles. The molecular weight excluding hydrogens is 575 g/mol. The van der Waals surface area contributed by atoms with Crippen molar-refractivity contribution >= 4 is 17.9 Å². The molecule has 2 aromatic rings. The average molecular weight is 600 g/mol. The van der Waals surface area contributed by atoms with E-state index in [0.717, 1.165) is 23.0 Å². The van der Waals surface area contributed by atoms with Gasteiger partial charge in [0.1, 0.15) is 0 Å². The van der Waals surface area contributed by atoms with Gasteiger partial charge < -0.3 is 9.47 Å². The van der Waals surface area contributed by atoms with E-state index in [0.29, 0.717) is 24.3 Å². The third kappa shape index (κ3) is 6.99. The third-order valence-corrected chi connectivity index (χ3v) is 6.56. The van der Waals surface area contributed by atoms with Crippen LogP contribution in [0.5, 0.6) is 0 Å². The van der Waals surface area contributed by atoms with Gasteiger partial charge in [-0.15, -0.1) is 0 Å². The summed E-state index contributed by atoms with van der Waals surface area (Å²) in [6.45, 7) is 2.23. The first-order chi connectivity index (χ1) is 18.9. The zero-order valence-electron chi connectivity index (χ0n) is 21.9. The zero-order valence-corrected chi connectivity index (χ0v) is 21.9. The highest BCUT2D eigenvalue weighted by molar-refractivity contribution is 5.90. The molecule has 2 amide bonds. The van der Waals surface area contributed by atoms with Crippen molar-refractivity contribution in [2.75, 3.05) is 18.6 Å². The predicted octanol–water partition coefficient (Wildman–Crippen LogP) is 8.20. The standard InChI is InChI=1S/C26H25F9N2O4/c1-4-18-12-21(19-11-15(24(27,28)29)6-7-20(19)37(18)23(39)41-5-2)36(22(38)40-3)13-14-8-16(25(30,31)32)10-17(9-14)26(33,34)35/h6-11,18,21H,4-5,12-13H2,1-3H3/t18-,21+/m1/s1. The third-order valence-electron chi connectivity index (χ3n) is 6.56. The summed E-state index contributed by atoms with van der Waals surface area (Å²) in [7, 11) is 0.903. The second-order valence-corrected chi connectivity index (χ2v) is 9.17. The van der Waals surface area contributed by atoms with Gasteiger partial charge in [0.2, 0.25) is 0 Å². The van der Waals surface area contributed by atoms with Gasteiger partial charge in [-0.2, -0.15) is 39.5 Å². The van der Waals surface area contributed by atoms with E-state index in [2.05, 4.69) is 0 Å². The van der Waals surface area contributed by atoms with E-state index in [1.54, 1.807) is 6.92 Å². The first kappa shape index (κ1) is 31.9. The number of alkyl halides is 9. The fraction of sp³-hybridized carbons (Fsp3) is 0.462. The van der Waals surface area contributed by atoms with Crippen molar-refractivity contribution in [1.29, 1.82) is 0 Å². The van der Waals surface area contributed by atoms with Crippen molar-refractivity contribution in [3.63, 3.8) is 0 Å². The second-order valence-electron chi connectivity index (χ2n) is 9.17. The maximum absolute atomic E-state index is 13.7. The molecule has 0 fully saturated rings. The minimum Gasteiger partial charge on any atom is -0.453 e. The highest BCUT2D eigenvalue weighted by atomic mass is 19.4. The smallest absolute Gasteiger partial charge is 0.416 e. The fourth-order valence-electron chi connectivity index (χ4n) is 4.72. The Hall–Kier alpha value is -3.65. The summed E-state index contributed by atoms with van der Waals surface area (Å²) < 4.78 is 132. The fourth-order valence-corrected chi connectivity index (χ4v) is 4.72. The molecule has 0 N–H and O–H groups in total. The van der Waals surface area contributed by atoms with Crippen LogP contribution in [0.15, 0.2) is 36.4 Å². The maximum Gasteiger partial charge on any atom is 0.416 e. The number of amides is 2. The van der Waals surface area contributed by atoms with E-state index in [-0.39, 0.29) is 36.8 Å². The molecule has 0 saturated carbocycles. The van der Waals surface area contributed by atoms with Crippen LogP contribution in [0.1, 0.15) is 60.5 Å². The highest BCUT2D eigenvalue weighted by Crippen LogP contribution is 2.45. The molecule has 2 atom stereocenters. The predicted molar refractivity (Wildman–Crippen MR) is 127 cm³/mol. The van der Waals surface area contributed by atoms with Crippen LogP contribution in [0.2, 0.25) is 0 Å². The van der Waals surface area contributed by atoms with E-state index in [4.69, 9.17) is 9.47 Å². The van der Waals surface area contributed by atoms with E-state index < -0.39 is 71.6 Å². The summed E-state index contributed by atoms with van der Waals surface area (Å²) in [6.07, 6.45) is -17.3. The molecule has 0 aliphatic carbocycles. The lowest BCUT2D eigenvalue weighted by Gasteiger charge is -2.43. The topological polar surface area (TPSA) is 59.1 Å². The number of nitrogens with zero attached hydrogens (tertiary/aromatic N) is 2. The van der Waals surface area contributed by atoms with Crippen molar-refractivity contribution in [3.8, 4) is 0 Å². The maximum atomic E-state index is 13.7. The number of rotatable bonds is 5. The first-order valence-corrected chi connectivity index (χ1v) is 12.2. The molecule has 0 unspecified atom stereocenters. The molecule has 15 heteroatoms. The van der Waals surface area contributed by atoms with Crippen LogP contribution >= 0.6 is 0 Å². The van der Waals surface area contributed by atoms with Crippen molar-refractivity contribution in [2.24, 2.45) is 0 Å². The van der Waals surface area contributed by atoms with Gasteiger partial charge in [0, 0.05) is 12.6 Å². The van der Waals surface area contributed by atoms with Crippen molar-refractivity contribution in [1.82, 2.24) is 4.90 Å². The Morgan fingerprint density at radius 3 is 1.90 bits per heavy atom. The summed E-state index contributed by atoms with van der Waals surface area (Å²) in [4.78, 5) is 27.6. The number of anilines is 1. The van der Waals surface area contributed by atoms with Gasteiger partial charge in [-0.3, -0.25) is 9.80 Å². The van der Waals surface area contributed by atoms with Crippen LogP contribution in [-0.2, 0) is 34.5 Å². The number of fused-ring (bicyclic) bond motifs is 1. The molecule has 3 rings (SSSR count). The lowest BCUT2D eigenvalue weighted by molar-refractivity contribution is -0.143. The lowest BCUT2D eigenvalue weighted by Crippen LogP contribution is -2.48. The molecule has 0 spiro atoms.